The highest BCUT2D eigenvalue weighted by Crippen LogP contribution is 2.36. The third-order valence-corrected chi connectivity index (χ3v) is 13.3. The zero-order chi connectivity index (χ0) is 44.5. The van der Waals surface area contributed by atoms with Gasteiger partial charge in [0.15, 0.2) is 0 Å². The predicted molar refractivity (Wildman–Crippen MR) is 224 cm³/mol. The first kappa shape index (κ1) is 50.8. The number of benzene rings is 5. The molecule has 0 spiro atoms. The summed E-state index contributed by atoms with van der Waals surface area (Å²) in [5, 5.41) is 0. The van der Waals surface area contributed by atoms with Crippen molar-refractivity contribution in [1.29, 1.82) is 0 Å². The average molecular weight is 915 g/mol. The molecule has 0 fully saturated rings. The maximum Gasteiger partial charge on any atom is 0.295 e. The largest absolute Gasteiger partial charge is 0.295 e. The summed E-state index contributed by atoms with van der Waals surface area (Å²) >= 11 is 0. The minimum absolute atomic E-state index is 0. The van der Waals surface area contributed by atoms with E-state index in [1.807, 2.05) is 0 Å². The molecule has 5 aromatic carbocycles. The van der Waals surface area contributed by atoms with Crippen LogP contribution in [0.25, 0.3) is 22.3 Å². The van der Waals surface area contributed by atoms with Gasteiger partial charge in [-0.25, -0.2) is 0 Å². The summed E-state index contributed by atoms with van der Waals surface area (Å²) in [6.45, 7) is 13.5. The van der Waals surface area contributed by atoms with Crippen LogP contribution in [0, 0.1) is 55.4 Å². The number of hydrogen-bond acceptors (Lipinski definition) is 10. The summed E-state index contributed by atoms with van der Waals surface area (Å²) in [7, 11) is -22.3. The normalized spacial score (nSPS) is 12.0. The number of rotatable bonds is 7. The lowest BCUT2D eigenvalue weighted by atomic mass is 9.97. The lowest BCUT2D eigenvalue weighted by Crippen LogP contribution is -2.07. The molecule has 15 nitrogen and oxygen atoms in total. The van der Waals surface area contributed by atoms with Crippen LogP contribution in [0.15, 0.2) is 103 Å². The molecule has 59 heavy (non-hydrogen) atoms. The van der Waals surface area contributed by atoms with E-state index >= 15 is 0 Å². The van der Waals surface area contributed by atoms with Gasteiger partial charge in [-0.2, -0.15) is 42.1 Å². The van der Waals surface area contributed by atoms with Gasteiger partial charge in [0.1, 0.15) is 19.6 Å². The second-order valence-corrected chi connectivity index (χ2v) is 20.5. The van der Waals surface area contributed by atoms with Crippen LogP contribution in [0.2, 0.25) is 0 Å². The quantitative estimate of drug-likeness (QED) is 0.0977. The summed E-state index contributed by atoms with van der Waals surface area (Å²) in [5.41, 5.74) is 5.28. The van der Waals surface area contributed by atoms with Gasteiger partial charge in [0.05, 0.1) is 4.90 Å². The molecule has 5 rings (SSSR count). The molecule has 0 aromatic heterocycles. The van der Waals surface area contributed by atoms with Gasteiger partial charge >= 0.3 is 0 Å². The first-order chi connectivity index (χ1) is 26.2. The predicted octanol–water partition coefficient (Wildman–Crippen LogP) is 7.73. The first-order valence-corrected chi connectivity index (χ1v) is 23.8. The lowest BCUT2D eigenvalue weighted by molar-refractivity contribution is 0.480. The van der Waals surface area contributed by atoms with Crippen molar-refractivity contribution < 1.29 is 64.9 Å². The molecular weight excluding hydrogens is 869 g/mol. The average Bonchev–Trinajstić information content (AvgIpc) is 3.06. The van der Waals surface area contributed by atoms with Gasteiger partial charge in [0.25, 0.3) is 50.6 Å². The van der Waals surface area contributed by atoms with E-state index in [0.29, 0.717) is 27.8 Å². The van der Waals surface area contributed by atoms with E-state index < -0.39 is 70.2 Å². The zero-order valence-corrected chi connectivity index (χ0v) is 36.4. The molecule has 0 saturated carbocycles. The Bertz CT molecular complexity index is 2830. The Labute approximate surface area is 346 Å². The van der Waals surface area contributed by atoms with Crippen molar-refractivity contribution >= 4 is 50.6 Å². The Kier molecular flexibility index (Phi) is 15.9. The Balaban J connectivity index is 0.000000318. The van der Waals surface area contributed by atoms with Crippen LogP contribution < -0.4 is 0 Å². The molecule has 322 valence electrons. The molecule has 5 aromatic rings. The molecule has 0 aliphatic heterocycles. The highest BCUT2D eigenvalue weighted by atomic mass is 32.2. The minimum Gasteiger partial charge on any atom is -0.282 e. The van der Waals surface area contributed by atoms with Crippen molar-refractivity contribution in [1.82, 2.24) is 0 Å². The molecule has 5 N–H and O–H groups in total. The van der Waals surface area contributed by atoms with Crippen LogP contribution in [-0.4, -0.2) is 64.9 Å². The van der Waals surface area contributed by atoms with Gasteiger partial charge in [0, 0.05) is 22.3 Å². The van der Waals surface area contributed by atoms with Crippen molar-refractivity contribution in [2.45, 2.75) is 87.3 Å². The SMILES string of the molecule is C.Cc1cc(-c2cc(C)c(C)cc2S(=O)(=O)O)c(S(=O)(=O)O)cc1C.Cc1ccc(-c2ccc(C)cc2S(=O)(=O)O)c(S(=O)(=O)O)c1.Cc1ccc(C)c(S(=O)(=O)O)c1. The van der Waals surface area contributed by atoms with E-state index in [1.165, 1.54) is 54.6 Å². The summed E-state index contributed by atoms with van der Waals surface area (Å²) in [5.74, 6) is 0. The standard InChI is InChI=1S/C16H18O6S2.C14H14O6S2.C8H10O3S.CH4/c1-9-5-13(15(7-11(9)3)23(17,18)19)14-6-10(2)12(4)8-16(14)24(20,21)22;1-9-3-5-11(13(7-9)21(15,16)17)12-6-4-10(2)8-14(12)22(18,19)20;1-6-3-4-7(2)8(5-6)12(9,10)11;/h5-8H,1-4H3,(H,17,18,19)(H,20,21,22);3-8H,1-2H3,(H,15,16,17)(H,18,19,20);3-5H,1-2H3,(H,9,10,11);1H4. The summed E-state index contributed by atoms with van der Waals surface area (Å²) in [6, 6.07) is 18.8. The number of hydrogen-bond donors (Lipinski definition) is 5. The third-order valence-electron chi connectivity index (χ3n) is 8.78. The van der Waals surface area contributed by atoms with E-state index in [0.717, 1.165) is 16.7 Å². The third kappa shape index (κ3) is 13.1. The molecule has 0 unspecified atom stereocenters. The van der Waals surface area contributed by atoms with Gasteiger partial charge in [-0.3, -0.25) is 22.8 Å². The Morgan fingerprint density at radius 2 is 0.525 bits per heavy atom. The molecular formula is C39H46O15S5. The number of aryl methyl sites for hydroxylation is 8. The second-order valence-electron chi connectivity index (χ2n) is 13.5. The zero-order valence-electron chi connectivity index (χ0n) is 32.4. The maximum atomic E-state index is 11.7. The van der Waals surface area contributed by atoms with Crippen molar-refractivity contribution in [3.8, 4) is 22.3 Å². The van der Waals surface area contributed by atoms with E-state index in [-0.39, 0.29) is 34.6 Å². The van der Waals surface area contributed by atoms with Gasteiger partial charge in [-0.05, 0) is 142 Å². The van der Waals surface area contributed by atoms with E-state index in [4.69, 9.17) is 4.55 Å². The van der Waals surface area contributed by atoms with E-state index in [9.17, 15) is 60.3 Å². The molecule has 0 aliphatic carbocycles. The minimum atomic E-state index is -4.58. The van der Waals surface area contributed by atoms with Crippen molar-refractivity contribution in [3.63, 3.8) is 0 Å². The fourth-order valence-corrected chi connectivity index (χ4v) is 9.48. The van der Waals surface area contributed by atoms with Crippen LogP contribution in [0.5, 0.6) is 0 Å². The Hall–Kier alpha value is -4.35. The molecule has 0 aliphatic rings. The first-order valence-electron chi connectivity index (χ1n) is 16.6. The van der Waals surface area contributed by atoms with Crippen LogP contribution in [0.4, 0.5) is 0 Å². The van der Waals surface area contributed by atoms with Crippen molar-refractivity contribution in [2.75, 3.05) is 0 Å². The second kappa shape index (κ2) is 18.5. The van der Waals surface area contributed by atoms with Gasteiger partial charge < -0.3 is 0 Å². The van der Waals surface area contributed by atoms with Crippen LogP contribution >= 0.6 is 0 Å². The molecule has 20 heteroatoms. The summed E-state index contributed by atoms with van der Waals surface area (Å²) in [6.07, 6.45) is 0. The van der Waals surface area contributed by atoms with E-state index in [2.05, 4.69) is 0 Å². The van der Waals surface area contributed by atoms with Gasteiger partial charge in [-0.1, -0.05) is 43.8 Å². The monoisotopic (exact) mass is 914 g/mol. The topological polar surface area (TPSA) is 272 Å². The fourth-order valence-electron chi connectivity index (χ4n) is 5.54. The van der Waals surface area contributed by atoms with Gasteiger partial charge in [0.2, 0.25) is 0 Å². The van der Waals surface area contributed by atoms with Gasteiger partial charge in [-0.15, -0.1) is 0 Å². The van der Waals surface area contributed by atoms with Crippen LogP contribution in [-0.2, 0) is 50.6 Å². The molecule has 0 amide bonds. The fraction of sp³-hybridized carbons (Fsp3) is 0.231. The highest BCUT2D eigenvalue weighted by molar-refractivity contribution is 7.87. The van der Waals surface area contributed by atoms with Crippen LogP contribution in [0.3, 0.4) is 0 Å². The van der Waals surface area contributed by atoms with E-state index in [1.54, 1.807) is 79.7 Å². The Morgan fingerprint density at radius 1 is 0.288 bits per heavy atom. The summed E-state index contributed by atoms with van der Waals surface area (Å²) in [4.78, 5) is -1.65. The highest BCUT2D eigenvalue weighted by Gasteiger charge is 2.26. The molecule has 0 bridgehead atoms. The summed E-state index contributed by atoms with van der Waals surface area (Å²) < 4.78 is 161. The molecule has 0 heterocycles. The van der Waals surface area contributed by atoms with Crippen molar-refractivity contribution in [3.05, 3.63) is 123 Å². The molecule has 0 radical (unpaired) electrons. The Morgan fingerprint density at radius 3 is 0.797 bits per heavy atom. The lowest BCUT2D eigenvalue weighted by Gasteiger charge is -2.15. The van der Waals surface area contributed by atoms with Crippen molar-refractivity contribution in [2.24, 2.45) is 0 Å². The molecule has 0 atom stereocenters. The smallest absolute Gasteiger partial charge is 0.282 e. The van der Waals surface area contributed by atoms with Crippen LogP contribution in [0.1, 0.15) is 51.9 Å². The maximum absolute atomic E-state index is 11.7. The molecule has 0 saturated heterocycles.